The fourth-order valence-corrected chi connectivity index (χ4v) is 5.84. The van der Waals surface area contributed by atoms with Crippen LogP contribution in [0.15, 0.2) is 91.0 Å². The fourth-order valence-electron chi connectivity index (χ4n) is 5.84. The Hall–Kier alpha value is -5.35. The van der Waals surface area contributed by atoms with E-state index >= 15 is 17.6 Å². The van der Waals surface area contributed by atoms with E-state index in [4.69, 9.17) is 0 Å². The standard InChI is InChI=1S/C41H27F7/c1-3-5-23-6-9-26(10-7-23)30-19-31-22-35(44)38(41(48)39(31)34(43)21-30)28-13-11-27(12-14-28)29-18-25(4-2)32(33(42)20-29)15-8-24-16-36(45)40(47)37(46)17-24/h6-7,9-14,16-22H,3-5H2,1-2H3. The third-order valence-electron chi connectivity index (χ3n) is 8.28. The Kier molecular flexibility index (Phi) is 9.10. The first-order chi connectivity index (χ1) is 23.1. The topological polar surface area (TPSA) is 0 Å². The molecule has 0 radical (unpaired) electrons. The molecule has 0 aliphatic rings. The Bertz CT molecular complexity index is 2220. The third kappa shape index (κ3) is 6.31. The van der Waals surface area contributed by atoms with Crippen LogP contribution in [0, 0.1) is 52.6 Å². The summed E-state index contributed by atoms with van der Waals surface area (Å²) in [6.07, 6.45) is 2.27. The summed E-state index contributed by atoms with van der Waals surface area (Å²) in [5, 5.41) is -0.224. The van der Waals surface area contributed by atoms with Gasteiger partial charge in [-0.1, -0.05) is 80.6 Å². The van der Waals surface area contributed by atoms with Gasteiger partial charge >= 0.3 is 0 Å². The molecule has 0 nitrogen and oxygen atoms in total. The first-order valence-corrected chi connectivity index (χ1v) is 15.4. The van der Waals surface area contributed by atoms with Crippen LogP contribution < -0.4 is 0 Å². The smallest absolute Gasteiger partial charge is 0.194 e. The average Bonchev–Trinajstić information content (AvgIpc) is 3.06. The Balaban J connectivity index is 1.32. The normalized spacial score (nSPS) is 11.1. The maximum atomic E-state index is 15.8. The van der Waals surface area contributed by atoms with E-state index in [1.54, 1.807) is 31.2 Å². The maximum Gasteiger partial charge on any atom is 0.194 e. The van der Waals surface area contributed by atoms with Crippen LogP contribution in [0.3, 0.4) is 0 Å². The molecule has 0 N–H and O–H groups in total. The molecule has 0 saturated heterocycles. The predicted molar refractivity (Wildman–Crippen MR) is 176 cm³/mol. The molecule has 0 aromatic heterocycles. The lowest BCUT2D eigenvalue weighted by molar-refractivity contribution is 0.446. The van der Waals surface area contributed by atoms with Crippen molar-refractivity contribution in [1.29, 1.82) is 0 Å². The minimum atomic E-state index is -1.62. The molecule has 6 rings (SSSR count). The van der Waals surface area contributed by atoms with Crippen molar-refractivity contribution in [1.82, 2.24) is 0 Å². The summed E-state index contributed by atoms with van der Waals surface area (Å²) >= 11 is 0. The van der Waals surface area contributed by atoms with Crippen LogP contribution in [0.1, 0.15) is 42.5 Å². The van der Waals surface area contributed by atoms with Crippen LogP contribution >= 0.6 is 0 Å². The number of benzene rings is 6. The summed E-state index contributed by atoms with van der Waals surface area (Å²) in [6.45, 7) is 3.86. The number of fused-ring (bicyclic) bond motifs is 1. The molecule has 0 atom stereocenters. The molecule has 0 bridgehead atoms. The van der Waals surface area contributed by atoms with Gasteiger partial charge in [-0.25, -0.2) is 30.7 Å². The van der Waals surface area contributed by atoms with Crippen molar-refractivity contribution < 1.29 is 30.7 Å². The molecule has 0 amide bonds. The van der Waals surface area contributed by atoms with Gasteiger partial charge in [-0.3, -0.25) is 0 Å². The predicted octanol–water partition coefficient (Wildman–Crippen LogP) is 11.7. The van der Waals surface area contributed by atoms with Gasteiger partial charge in [0.1, 0.15) is 23.3 Å². The summed E-state index contributed by atoms with van der Waals surface area (Å²) in [7, 11) is 0. The summed E-state index contributed by atoms with van der Waals surface area (Å²) in [6, 6.07) is 22.0. The second kappa shape index (κ2) is 13.4. The number of rotatable bonds is 6. The maximum absolute atomic E-state index is 15.8. The molecule has 0 heterocycles. The van der Waals surface area contributed by atoms with Crippen molar-refractivity contribution in [3.8, 4) is 45.2 Å². The van der Waals surface area contributed by atoms with E-state index in [-0.39, 0.29) is 33.0 Å². The minimum Gasteiger partial charge on any atom is -0.206 e. The fraction of sp³-hybridized carbons (Fsp3) is 0.122. The lowest BCUT2D eigenvalue weighted by Gasteiger charge is -2.13. The van der Waals surface area contributed by atoms with E-state index in [1.807, 2.05) is 24.3 Å². The second-order valence-corrected chi connectivity index (χ2v) is 11.5. The van der Waals surface area contributed by atoms with E-state index in [1.165, 1.54) is 24.3 Å². The van der Waals surface area contributed by atoms with Gasteiger partial charge in [0.25, 0.3) is 0 Å². The molecule has 7 heteroatoms. The lowest BCUT2D eigenvalue weighted by atomic mass is 9.93. The Morgan fingerprint density at radius 1 is 0.500 bits per heavy atom. The second-order valence-electron chi connectivity index (χ2n) is 11.5. The van der Waals surface area contributed by atoms with E-state index in [0.717, 1.165) is 42.2 Å². The number of hydrogen-bond donors (Lipinski definition) is 0. The highest BCUT2D eigenvalue weighted by atomic mass is 19.2. The van der Waals surface area contributed by atoms with Crippen molar-refractivity contribution in [2.24, 2.45) is 0 Å². The highest BCUT2D eigenvalue weighted by Crippen LogP contribution is 2.37. The largest absolute Gasteiger partial charge is 0.206 e. The van der Waals surface area contributed by atoms with Gasteiger partial charge in [0.2, 0.25) is 0 Å². The molecular weight excluding hydrogens is 625 g/mol. The summed E-state index contributed by atoms with van der Waals surface area (Å²) in [5.74, 6) is -2.74. The molecule has 0 spiro atoms. The molecular formula is C41H27F7. The van der Waals surface area contributed by atoms with Crippen molar-refractivity contribution in [2.75, 3.05) is 0 Å². The van der Waals surface area contributed by atoms with Gasteiger partial charge in [-0.2, -0.15) is 0 Å². The van der Waals surface area contributed by atoms with Crippen LogP contribution in [0.2, 0.25) is 0 Å². The average molecular weight is 653 g/mol. The highest BCUT2D eigenvalue weighted by molar-refractivity contribution is 5.92. The zero-order chi connectivity index (χ0) is 34.1. The van der Waals surface area contributed by atoms with E-state index in [2.05, 4.69) is 18.8 Å². The molecule has 48 heavy (non-hydrogen) atoms. The quantitative estimate of drug-likeness (QED) is 0.0954. The van der Waals surface area contributed by atoms with Crippen molar-refractivity contribution in [2.45, 2.75) is 33.1 Å². The first kappa shape index (κ1) is 32.6. The summed E-state index contributed by atoms with van der Waals surface area (Å²) in [5.41, 5.74) is 3.53. The minimum absolute atomic E-state index is 0.0157. The van der Waals surface area contributed by atoms with E-state index in [0.29, 0.717) is 28.7 Å². The first-order valence-electron chi connectivity index (χ1n) is 15.4. The van der Waals surface area contributed by atoms with Gasteiger partial charge in [-0.15, -0.1) is 0 Å². The van der Waals surface area contributed by atoms with Crippen molar-refractivity contribution in [3.63, 3.8) is 0 Å². The van der Waals surface area contributed by atoms with Crippen molar-refractivity contribution >= 4 is 10.8 Å². The van der Waals surface area contributed by atoms with Crippen molar-refractivity contribution in [3.05, 3.63) is 154 Å². The van der Waals surface area contributed by atoms with Gasteiger partial charge < -0.3 is 0 Å². The van der Waals surface area contributed by atoms with Gasteiger partial charge in [0, 0.05) is 5.56 Å². The number of aryl methyl sites for hydroxylation is 2. The molecule has 0 fully saturated rings. The van der Waals surface area contributed by atoms with Gasteiger partial charge in [0.05, 0.1) is 16.5 Å². The molecule has 240 valence electrons. The molecule has 0 aliphatic heterocycles. The molecule has 0 unspecified atom stereocenters. The monoisotopic (exact) mass is 652 g/mol. The van der Waals surface area contributed by atoms with Crippen LogP contribution in [0.4, 0.5) is 30.7 Å². The lowest BCUT2D eigenvalue weighted by Crippen LogP contribution is -1.97. The Labute approximate surface area is 273 Å². The van der Waals surface area contributed by atoms with Crippen LogP contribution in [-0.2, 0) is 12.8 Å². The molecule has 6 aromatic rings. The molecule has 0 saturated carbocycles. The summed E-state index contributed by atoms with van der Waals surface area (Å²) in [4.78, 5) is 0. The third-order valence-corrected chi connectivity index (χ3v) is 8.28. The zero-order valence-electron chi connectivity index (χ0n) is 25.9. The van der Waals surface area contributed by atoms with Gasteiger partial charge in [0.15, 0.2) is 17.5 Å². The Morgan fingerprint density at radius 2 is 1.08 bits per heavy atom. The molecule has 6 aromatic carbocycles. The van der Waals surface area contributed by atoms with Gasteiger partial charge in [-0.05, 0) is 99.6 Å². The highest BCUT2D eigenvalue weighted by Gasteiger charge is 2.20. The Morgan fingerprint density at radius 3 is 1.71 bits per heavy atom. The SMILES string of the molecule is CCCc1ccc(-c2cc(F)c3c(F)c(-c4ccc(-c5cc(F)c(C#Cc6cc(F)c(F)c(F)c6)c(CC)c5)cc4)c(F)cc3c2)cc1. The van der Waals surface area contributed by atoms with Crippen LogP contribution in [0.25, 0.3) is 44.2 Å². The number of halogens is 7. The van der Waals surface area contributed by atoms with Crippen LogP contribution in [-0.4, -0.2) is 0 Å². The molecule has 0 aliphatic carbocycles. The summed E-state index contributed by atoms with van der Waals surface area (Å²) < 4.78 is 102. The zero-order valence-corrected chi connectivity index (χ0v) is 25.9. The van der Waals surface area contributed by atoms with Crippen LogP contribution in [0.5, 0.6) is 0 Å². The van der Waals surface area contributed by atoms with E-state index < -0.39 is 40.7 Å². The number of hydrogen-bond acceptors (Lipinski definition) is 0. The van der Waals surface area contributed by atoms with E-state index in [9.17, 15) is 13.2 Å².